The number of ketones is 1. The normalized spacial score (nSPS) is 11.9. The van der Waals surface area contributed by atoms with Gasteiger partial charge in [0, 0.05) is 6.42 Å². The largest absolute Gasteiger partial charge is 0.451 e. The van der Waals surface area contributed by atoms with E-state index in [0.29, 0.717) is 12.0 Å². The van der Waals surface area contributed by atoms with E-state index >= 15 is 0 Å². The summed E-state index contributed by atoms with van der Waals surface area (Å²) in [5.74, 6) is -0.524. The summed E-state index contributed by atoms with van der Waals surface area (Å²) in [6.07, 6.45) is -0.286. The van der Waals surface area contributed by atoms with Crippen molar-refractivity contribution in [2.24, 2.45) is 0 Å². The lowest BCUT2D eigenvalue weighted by Crippen LogP contribution is -2.23. The number of rotatable bonds is 4. The molecule has 0 fully saturated rings. The Morgan fingerprint density at radius 2 is 1.87 bits per heavy atom. The molecule has 1 atom stereocenters. The van der Waals surface area contributed by atoms with Gasteiger partial charge in [0.05, 0.1) is 5.56 Å². The van der Waals surface area contributed by atoms with Crippen molar-refractivity contribution in [2.75, 3.05) is 0 Å². The number of Topliss-reactive ketones (excluding diaryl/α,β-unsaturated/α-hetero) is 1. The van der Waals surface area contributed by atoms with Crippen LogP contribution in [-0.2, 0) is 9.53 Å². The zero-order chi connectivity index (χ0) is 11.3. The summed E-state index contributed by atoms with van der Waals surface area (Å²) in [5, 5.41) is 0. The topological polar surface area (TPSA) is 43.4 Å². The highest BCUT2D eigenvalue weighted by molar-refractivity contribution is 5.92. The van der Waals surface area contributed by atoms with Crippen LogP contribution in [0, 0.1) is 0 Å². The fourth-order valence-corrected chi connectivity index (χ4v) is 1.16. The fraction of sp³-hybridized carbons (Fsp3) is 0.333. The first-order chi connectivity index (χ1) is 7.15. The molecule has 15 heavy (non-hydrogen) atoms. The van der Waals surface area contributed by atoms with E-state index in [9.17, 15) is 9.59 Å². The second-order valence-corrected chi connectivity index (χ2v) is 3.23. The summed E-state index contributed by atoms with van der Waals surface area (Å²) < 4.78 is 5.00. The van der Waals surface area contributed by atoms with Crippen molar-refractivity contribution >= 4 is 11.8 Å². The zero-order valence-electron chi connectivity index (χ0n) is 8.90. The van der Waals surface area contributed by atoms with E-state index in [-0.39, 0.29) is 5.78 Å². The molecule has 80 valence electrons. The Morgan fingerprint density at radius 1 is 1.27 bits per heavy atom. The van der Waals surface area contributed by atoms with Gasteiger partial charge >= 0.3 is 5.97 Å². The third kappa shape index (κ3) is 3.20. The molecule has 1 aromatic rings. The first kappa shape index (κ1) is 11.4. The molecule has 1 rings (SSSR count). The lowest BCUT2D eigenvalue weighted by Gasteiger charge is -2.10. The molecule has 0 aromatic heterocycles. The molecule has 0 spiro atoms. The SMILES string of the molecule is CCC(=O)[C@H](C)OC(=O)c1ccccc1. The maximum Gasteiger partial charge on any atom is 0.338 e. The molecule has 0 aliphatic heterocycles. The van der Waals surface area contributed by atoms with Crippen molar-refractivity contribution in [1.82, 2.24) is 0 Å². The molecule has 1 aromatic carbocycles. The zero-order valence-corrected chi connectivity index (χ0v) is 8.90. The average molecular weight is 206 g/mol. The molecule has 3 heteroatoms. The predicted molar refractivity (Wildman–Crippen MR) is 56.6 cm³/mol. The van der Waals surface area contributed by atoms with Gasteiger partial charge in [-0.2, -0.15) is 0 Å². The molecule has 0 heterocycles. The van der Waals surface area contributed by atoms with Crippen molar-refractivity contribution < 1.29 is 14.3 Å². The first-order valence-corrected chi connectivity index (χ1v) is 4.94. The number of ether oxygens (including phenoxy) is 1. The number of esters is 1. The molecule has 0 radical (unpaired) electrons. The Labute approximate surface area is 89.1 Å². The molecule has 0 saturated carbocycles. The van der Waals surface area contributed by atoms with Crippen LogP contribution in [0.4, 0.5) is 0 Å². The van der Waals surface area contributed by atoms with E-state index in [1.165, 1.54) is 0 Å². The summed E-state index contributed by atoms with van der Waals surface area (Å²) in [6.45, 7) is 3.34. The molecule has 0 bridgehead atoms. The summed E-state index contributed by atoms with van der Waals surface area (Å²) in [6, 6.07) is 8.64. The van der Waals surface area contributed by atoms with Crippen molar-refractivity contribution in [3.8, 4) is 0 Å². The van der Waals surface area contributed by atoms with Crippen LogP contribution in [0.25, 0.3) is 0 Å². The van der Waals surface area contributed by atoms with Crippen LogP contribution in [0.3, 0.4) is 0 Å². The highest BCUT2D eigenvalue weighted by atomic mass is 16.5. The van der Waals surface area contributed by atoms with Gasteiger partial charge in [0.1, 0.15) is 0 Å². The molecule has 0 aliphatic rings. The Bertz CT molecular complexity index is 343. The van der Waals surface area contributed by atoms with Crippen LogP contribution in [-0.4, -0.2) is 17.9 Å². The molecule has 0 unspecified atom stereocenters. The van der Waals surface area contributed by atoms with Gasteiger partial charge in [0.15, 0.2) is 11.9 Å². The molecule has 3 nitrogen and oxygen atoms in total. The molecule has 0 saturated heterocycles. The van der Waals surface area contributed by atoms with E-state index in [1.54, 1.807) is 38.1 Å². The maximum absolute atomic E-state index is 11.5. The number of hydrogen-bond donors (Lipinski definition) is 0. The number of carbonyl (C=O) groups excluding carboxylic acids is 2. The maximum atomic E-state index is 11.5. The standard InChI is InChI=1S/C12H14O3/c1-3-11(13)9(2)15-12(14)10-7-5-4-6-8-10/h4-9H,3H2,1-2H3/t9-/m0/s1. The quantitative estimate of drug-likeness (QED) is 0.709. The summed E-state index contributed by atoms with van der Waals surface area (Å²) in [7, 11) is 0. The monoisotopic (exact) mass is 206 g/mol. The van der Waals surface area contributed by atoms with Crippen LogP contribution in [0.2, 0.25) is 0 Å². The minimum absolute atomic E-state index is 0.0701. The van der Waals surface area contributed by atoms with E-state index in [2.05, 4.69) is 0 Å². The van der Waals surface area contributed by atoms with Gasteiger partial charge in [-0.25, -0.2) is 4.79 Å². The third-order valence-electron chi connectivity index (χ3n) is 2.10. The van der Waals surface area contributed by atoms with Gasteiger partial charge < -0.3 is 4.74 Å². The van der Waals surface area contributed by atoms with Crippen LogP contribution in [0.5, 0.6) is 0 Å². The van der Waals surface area contributed by atoms with Gasteiger partial charge in [0.25, 0.3) is 0 Å². The Balaban J connectivity index is 2.61. The van der Waals surface area contributed by atoms with Crippen LogP contribution < -0.4 is 0 Å². The van der Waals surface area contributed by atoms with E-state index in [0.717, 1.165) is 0 Å². The minimum atomic E-state index is -0.664. The lowest BCUT2D eigenvalue weighted by atomic mass is 10.2. The van der Waals surface area contributed by atoms with Crippen LogP contribution in [0.15, 0.2) is 30.3 Å². The van der Waals surface area contributed by atoms with Crippen molar-refractivity contribution in [1.29, 1.82) is 0 Å². The fourth-order valence-electron chi connectivity index (χ4n) is 1.16. The van der Waals surface area contributed by atoms with Gasteiger partial charge in [-0.15, -0.1) is 0 Å². The number of benzene rings is 1. The van der Waals surface area contributed by atoms with Crippen molar-refractivity contribution in [3.05, 3.63) is 35.9 Å². The molecule has 0 aliphatic carbocycles. The smallest absolute Gasteiger partial charge is 0.338 e. The Morgan fingerprint density at radius 3 is 2.40 bits per heavy atom. The van der Waals surface area contributed by atoms with Crippen LogP contribution >= 0.6 is 0 Å². The number of carbonyl (C=O) groups is 2. The van der Waals surface area contributed by atoms with Crippen molar-refractivity contribution in [2.45, 2.75) is 26.4 Å². The Kier molecular flexibility index (Phi) is 4.03. The van der Waals surface area contributed by atoms with Gasteiger partial charge in [0.2, 0.25) is 0 Å². The molecular formula is C12H14O3. The molecule has 0 N–H and O–H groups in total. The second-order valence-electron chi connectivity index (χ2n) is 3.23. The Hall–Kier alpha value is -1.64. The summed E-state index contributed by atoms with van der Waals surface area (Å²) >= 11 is 0. The highest BCUT2D eigenvalue weighted by Gasteiger charge is 2.16. The average Bonchev–Trinajstić information content (AvgIpc) is 2.29. The van der Waals surface area contributed by atoms with E-state index < -0.39 is 12.1 Å². The minimum Gasteiger partial charge on any atom is -0.451 e. The van der Waals surface area contributed by atoms with Gasteiger partial charge in [-0.05, 0) is 19.1 Å². The van der Waals surface area contributed by atoms with Crippen molar-refractivity contribution in [3.63, 3.8) is 0 Å². The lowest BCUT2D eigenvalue weighted by molar-refractivity contribution is -0.126. The van der Waals surface area contributed by atoms with Crippen LogP contribution in [0.1, 0.15) is 30.6 Å². The molecular weight excluding hydrogens is 192 g/mol. The van der Waals surface area contributed by atoms with Gasteiger partial charge in [-0.1, -0.05) is 25.1 Å². The van der Waals surface area contributed by atoms with E-state index in [4.69, 9.17) is 4.74 Å². The summed E-state index contributed by atoms with van der Waals surface area (Å²) in [4.78, 5) is 22.7. The second kappa shape index (κ2) is 5.29. The highest BCUT2D eigenvalue weighted by Crippen LogP contribution is 2.05. The third-order valence-corrected chi connectivity index (χ3v) is 2.10. The van der Waals surface area contributed by atoms with Gasteiger partial charge in [-0.3, -0.25) is 4.79 Å². The number of hydrogen-bond acceptors (Lipinski definition) is 3. The predicted octanol–water partition coefficient (Wildman–Crippen LogP) is 2.21. The molecule has 0 amide bonds. The summed E-state index contributed by atoms with van der Waals surface area (Å²) in [5.41, 5.74) is 0.466. The van der Waals surface area contributed by atoms with E-state index in [1.807, 2.05) is 6.07 Å². The first-order valence-electron chi connectivity index (χ1n) is 4.94.